The molecule has 1 aliphatic rings. The summed E-state index contributed by atoms with van der Waals surface area (Å²) in [4.78, 5) is -0.410. The molecule has 134 valence electrons. The number of benzene rings is 2. The van der Waals surface area contributed by atoms with E-state index in [2.05, 4.69) is 4.72 Å². The lowest BCUT2D eigenvalue weighted by molar-refractivity contribution is 0.570. The number of hydrogen-bond donors (Lipinski definition) is 1. The molecule has 0 aromatic heterocycles. The van der Waals surface area contributed by atoms with E-state index in [0.29, 0.717) is 12.8 Å². The Morgan fingerprint density at radius 3 is 2.28 bits per heavy atom. The smallest absolute Gasteiger partial charge is 0.264 e. The molecule has 0 saturated heterocycles. The van der Waals surface area contributed by atoms with Crippen LogP contribution in [0.15, 0.2) is 58.3 Å². The van der Waals surface area contributed by atoms with Gasteiger partial charge >= 0.3 is 0 Å². The molecule has 1 saturated carbocycles. The fourth-order valence-electron chi connectivity index (χ4n) is 3.00. The molecule has 1 aliphatic carbocycles. The minimum Gasteiger partial charge on any atom is -0.280 e. The van der Waals surface area contributed by atoms with Gasteiger partial charge in [-0.3, -0.25) is 4.72 Å². The van der Waals surface area contributed by atoms with Crippen molar-refractivity contribution in [2.24, 2.45) is 0 Å². The van der Waals surface area contributed by atoms with Gasteiger partial charge in [-0.1, -0.05) is 31.0 Å². The van der Waals surface area contributed by atoms with Gasteiger partial charge in [-0.15, -0.1) is 0 Å². The van der Waals surface area contributed by atoms with E-state index < -0.39 is 35.8 Å². The summed E-state index contributed by atoms with van der Waals surface area (Å²) >= 11 is 0. The van der Waals surface area contributed by atoms with Crippen molar-refractivity contribution in [3.05, 3.63) is 54.3 Å². The van der Waals surface area contributed by atoms with Crippen LogP contribution in [0.4, 0.5) is 10.1 Å². The van der Waals surface area contributed by atoms with Crippen LogP contribution < -0.4 is 4.72 Å². The quantitative estimate of drug-likeness (QED) is 0.859. The highest BCUT2D eigenvalue weighted by Crippen LogP contribution is 2.31. The van der Waals surface area contributed by atoms with Crippen molar-refractivity contribution in [3.8, 4) is 0 Å². The maximum atomic E-state index is 13.7. The normalized spacial score (nSPS) is 16.0. The Hall–Kier alpha value is -1.93. The minimum atomic E-state index is -4.15. The Labute approximate surface area is 146 Å². The van der Waals surface area contributed by atoms with Crippen molar-refractivity contribution in [2.75, 3.05) is 4.72 Å². The molecule has 5 nitrogen and oxygen atoms in total. The van der Waals surface area contributed by atoms with Gasteiger partial charge in [0.2, 0.25) is 0 Å². The summed E-state index contributed by atoms with van der Waals surface area (Å²) in [6.45, 7) is 0. The Bertz CT molecular complexity index is 981. The second kappa shape index (κ2) is 6.76. The molecule has 0 aliphatic heterocycles. The van der Waals surface area contributed by atoms with Crippen LogP contribution in [0.5, 0.6) is 0 Å². The molecular formula is C17H18FNO4S2. The van der Waals surface area contributed by atoms with Gasteiger partial charge in [0, 0.05) is 0 Å². The lowest BCUT2D eigenvalue weighted by Gasteiger charge is -2.13. The highest BCUT2D eigenvalue weighted by Gasteiger charge is 2.30. The first kappa shape index (κ1) is 17.9. The van der Waals surface area contributed by atoms with E-state index in [0.717, 1.165) is 25.0 Å². The van der Waals surface area contributed by atoms with Crippen molar-refractivity contribution in [2.45, 2.75) is 40.7 Å². The van der Waals surface area contributed by atoms with Gasteiger partial charge in [-0.25, -0.2) is 21.2 Å². The summed E-state index contributed by atoms with van der Waals surface area (Å²) in [6, 6.07) is 10.7. The minimum absolute atomic E-state index is 0.0770. The Balaban J connectivity index is 1.91. The molecule has 25 heavy (non-hydrogen) atoms. The molecule has 0 bridgehead atoms. The van der Waals surface area contributed by atoms with Crippen LogP contribution in [0.25, 0.3) is 0 Å². The van der Waals surface area contributed by atoms with Crippen molar-refractivity contribution in [1.29, 1.82) is 0 Å². The van der Waals surface area contributed by atoms with E-state index in [1.54, 1.807) is 0 Å². The van der Waals surface area contributed by atoms with Crippen LogP contribution in [0.2, 0.25) is 0 Å². The van der Waals surface area contributed by atoms with E-state index in [1.165, 1.54) is 36.4 Å². The Morgan fingerprint density at radius 1 is 0.920 bits per heavy atom. The van der Waals surface area contributed by atoms with Gasteiger partial charge in [0.1, 0.15) is 10.7 Å². The van der Waals surface area contributed by atoms with E-state index in [1.807, 2.05) is 0 Å². The zero-order chi connectivity index (χ0) is 18.1. The molecule has 0 unspecified atom stereocenters. The zero-order valence-electron chi connectivity index (χ0n) is 13.4. The molecule has 1 fully saturated rings. The lowest BCUT2D eigenvalue weighted by Crippen LogP contribution is -2.18. The maximum Gasteiger partial charge on any atom is 0.264 e. The number of hydrogen-bond acceptors (Lipinski definition) is 4. The number of sulfone groups is 1. The molecule has 0 amide bonds. The third-order valence-corrected chi connectivity index (χ3v) is 7.96. The summed E-state index contributed by atoms with van der Waals surface area (Å²) in [5.41, 5.74) is 0.0855. The fourth-order valence-corrected chi connectivity index (χ4v) is 6.03. The predicted octanol–water partition coefficient (Wildman–Crippen LogP) is 3.34. The summed E-state index contributed by atoms with van der Waals surface area (Å²) in [7, 11) is -7.64. The van der Waals surface area contributed by atoms with Crippen molar-refractivity contribution >= 4 is 25.5 Å². The number of sulfonamides is 1. The van der Waals surface area contributed by atoms with Crippen LogP contribution in [0.1, 0.15) is 25.7 Å². The van der Waals surface area contributed by atoms with E-state index in [-0.39, 0.29) is 10.6 Å². The molecule has 8 heteroatoms. The third-order valence-electron chi connectivity index (χ3n) is 4.28. The summed E-state index contributed by atoms with van der Waals surface area (Å²) < 4.78 is 65.9. The van der Waals surface area contributed by atoms with Crippen LogP contribution in [0, 0.1) is 5.82 Å². The van der Waals surface area contributed by atoms with Crippen LogP contribution in [-0.2, 0) is 19.9 Å². The third kappa shape index (κ3) is 3.69. The molecule has 3 rings (SSSR count). The Morgan fingerprint density at radius 2 is 1.60 bits per heavy atom. The highest BCUT2D eigenvalue weighted by atomic mass is 32.2. The zero-order valence-corrected chi connectivity index (χ0v) is 15.0. The summed E-state index contributed by atoms with van der Waals surface area (Å²) in [6.07, 6.45) is 2.99. The SMILES string of the molecule is O=S(=O)(Nc1cccc(S(=O)(=O)C2CCCC2)c1)c1ccccc1F. The lowest BCUT2D eigenvalue weighted by atomic mass is 10.3. The second-order valence-electron chi connectivity index (χ2n) is 6.02. The molecule has 1 N–H and O–H groups in total. The van der Waals surface area contributed by atoms with Gasteiger partial charge in [0.15, 0.2) is 9.84 Å². The van der Waals surface area contributed by atoms with E-state index in [4.69, 9.17) is 0 Å². The first-order chi connectivity index (χ1) is 11.8. The first-order valence-corrected chi connectivity index (χ1v) is 10.9. The summed E-state index contributed by atoms with van der Waals surface area (Å²) in [5.74, 6) is -0.871. The van der Waals surface area contributed by atoms with Crippen molar-refractivity contribution in [1.82, 2.24) is 0 Å². The average molecular weight is 383 g/mol. The van der Waals surface area contributed by atoms with Gasteiger partial charge < -0.3 is 0 Å². The predicted molar refractivity (Wildman–Crippen MR) is 93.1 cm³/mol. The topological polar surface area (TPSA) is 80.3 Å². The van der Waals surface area contributed by atoms with Crippen LogP contribution in [-0.4, -0.2) is 22.1 Å². The maximum absolute atomic E-state index is 13.7. The number of halogens is 1. The van der Waals surface area contributed by atoms with Crippen LogP contribution in [0.3, 0.4) is 0 Å². The average Bonchev–Trinajstić information content (AvgIpc) is 3.10. The molecule has 2 aromatic carbocycles. The van der Waals surface area contributed by atoms with Crippen molar-refractivity contribution in [3.63, 3.8) is 0 Å². The molecule has 0 heterocycles. The molecule has 2 aromatic rings. The van der Waals surface area contributed by atoms with Gasteiger partial charge in [0.25, 0.3) is 10.0 Å². The second-order valence-corrected chi connectivity index (χ2v) is 9.89. The van der Waals surface area contributed by atoms with Gasteiger partial charge in [-0.05, 0) is 43.2 Å². The van der Waals surface area contributed by atoms with Gasteiger partial charge in [0.05, 0.1) is 15.8 Å². The molecular weight excluding hydrogens is 365 g/mol. The monoisotopic (exact) mass is 383 g/mol. The van der Waals surface area contributed by atoms with E-state index in [9.17, 15) is 21.2 Å². The number of nitrogens with one attached hydrogen (secondary N) is 1. The largest absolute Gasteiger partial charge is 0.280 e. The number of anilines is 1. The van der Waals surface area contributed by atoms with E-state index >= 15 is 0 Å². The molecule has 0 spiro atoms. The number of rotatable bonds is 5. The molecule has 0 atom stereocenters. The highest BCUT2D eigenvalue weighted by molar-refractivity contribution is 7.93. The summed E-state index contributed by atoms with van der Waals surface area (Å²) in [5, 5.41) is -0.425. The molecule has 0 radical (unpaired) electrons. The standard InChI is InChI=1S/C17H18FNO4S2/c18-16-10-3-4-11-17(16)25(22,23)19-13-6-5-9-15(12-13)24(20,21)14-7-1-2-8-14/h3-6,9-12,14,19H,1-2,7-8H2. The van der Waals surface area contributed by atoms with Crippen molar-refractivity contribution < 1.29 is 21.2 Å². The van der Waals surface area contributed by atoms with Crippen LogP contribution >= 0.6 is 0 Å². The van der Waals surface area contributed by atoms with Gasteiger partial charge in [-0.2, -0.15) is 0 Å². The fraction of sp³-hybridized carbons (Fsp3) is 0.294. The first-order valence-electron chi connectivity index (χ1n) is 7.92. The Kier molecular flexibility index (Phi) is 4.83.